The van der Waals surface area contributed by atoms with Crippen molar-refractivity contribution < 1.29 is 9.53 Å². The Labute approximate surface area is 135 Å². The van der Waals surface area contributed by atoms with E-state index in [1.54, 1.807) is 0 Å². The summed E-state index contributed by atoms with van der Waals surface area (Å²) < 4.78 is 6.25. The highest BCUT2D eigenvalue weighted by Gasteiger charge is 2.15. The number of amides is 1. The number of alkyl carbamates (subject to hydrolysis) is 1. The molecule has 1 aromatic carbocycles. The lowest BCUT2D eigenvalue weighted by molar-refractivity contribution is 0.0527. The molecule has 0 radical (unpaired) electrons. The van der Waals surface area contributed by atoms with E-state index in [1.165, 1.54) is 5.56 Å². The predicted molar refractivity (Wildman–Crippen MR) is 89.4 cm³/mol. The van der Waals surface area contributed by atoms with Crippen molar-refractivity contribution in [2.75, 3.05) is 13.1 Å². The molecule has 0 heterocycles. The van der Waals surface area contributed by atoms with Crippen molar-refractivity contribution in [1.82, 2.24) is 10.6 Å². The van der Waals surface area contributed by atoms with Gasteiger partial charge in [-0.25, -0.2) is 4.79 Å². The van der Waals surface area contributed by atoms with Crippen LogP contribution >= 0.6 is 15.9 Å². The van der Waals surface area contributed by atoms with Crippen LogP contribution in [0.4, 0.5) is 4.79 Å². The van der Waals surface area contributed by atoms with Gasteiger partial charge in [-0.2, -0.15) is 0 Å². The van der Waals surface area contributed by atoms with Crippen LogP contribution in [-0.2, 0) is 4.74 Å². The number of benzene rings is 1. The summed E-state index contributed by atoms with van der Waals surface area (Å²) in [5.41, 5.74) is 0.802. The van der Waals surface area contributed by atoms with Gasteiger partial charge in [-0.15, -0.1) is 0 Å². The van der Waals surface area contributed by atoms with E-state index in [-0.39, 0.29) is 6.09 Å². The summed E-state index contributed by atoms with van der Waals surface area (Å²) in [6.45, 7) is 9.14. The van der Waals surface area contributed by atoms with Crippen molar-refractivity contribution in [3.05, 3.63) is 34.3 Å². The normalized spacial score (nSPS) is 12.8. The number of ether oxygens (including phenoxy) is 1. The highest BCUT2D eigenvalue weighted by Crippen LogP contribution is 2.16. The predicted octanol–water partition coefficient (Wildman–Crippen LogP) is 4.01. The molecule has 0 aromatic heterocycles. The first-order valence-corrected chi connectivity index (χ1v) is 8.03. The zero-order valence-electron chi connectivity index (χ0n) is 13.2. The monoisotopic (exact) mass is 356 g/mol. The first-order chi connectivity index (χ1) is 9.78. The number of nitrogens with one attached hydrogen (secondary N) is 2. The van der Waals surface area contributed by atoms with Crippen LogP contribution in [0, 0.1) is 0 Å². The molecule has 0 fully saturated rings. The second-order valence-electron chi connectivity index (χ2n) is 6.01. The van der Waals surface area contributed by atoms with Crippen LogP contribution in [0.2, 0.25) is 0 Å². The quantitative estimate of drug-likeness (QED) is 0.757. The van der Waals surface area contributed by atoms with E-state index in [1.807, 2.05) is 32.9 Å². The van der Waals surface area contributed by atoms with Crippen molar-refractivity contribution in [2.45, 2.75) is 45.8 Å². The summed E-state index contributed by atoms with van der Waals surface area (Å²) in [6, 6.07) is 8.57. The van der Waals surface area contributed by atoms with E-state index in [0.717, 1.165) is 17.4 Å². The lowest BCUT2D eigenvalue weighted by Crippen LogP contribution is -2.34. The van der Waals surface area contributed by atoms with Gasteiger partial charge in [0, 0.05) is 17.1 Å². The summed E-state index contributed by atoms with van der Waals surface area (Å²) in [6.07, 6.45) is 0.503. The summed E-state index contributed by atoms with van der Waals surface area (Å²) in [7, 11) is 0. The minimum atomic E-state index is -0.446. The Morgan fingerprint density at radius 2 is 1.86 bits per heavy atom. The van der Waals surface area contributed by atoms with Crippen molar-refractivity contribution in [1.29, 1.82) is 0 Å². The Kier molecular flexibility index (Phi) is 7.18. The van der Waals surface area contributed by atoms with Crippen LogP contribution in [-0.4, -0.2) is 24.8 Å². The second kappa shape index (κ2) is 8.39. The van der Waals surface area contributed by atoms with Gasteiger partial charge in [0.05, 0.1) is 0 Å². The summed E-state index contributed by atoms with van der Waals surface area (Å²) in [4.78, 5) is 11.5. The summed E-state index contributed by atoms with van der Waals surface area (Å²) in [5, 5.41) is 6.19. The molecule has 0 aliphatic carbocycles. The Morgan fingerprint density at radius 1 is 1.24 bits per heavy atom. The Morgan fingerprint density at radius 3 is 2.43 bits per heavy atom. The molecule has 21 heavy (non-hydrogen) atoms. The van der Waals surface area contributed by atoms with Gasteiger partial charge in [0.1, 0.15) is 5.60 Å². The molecule has 1 atom stereocenters. The number of rotatable bonds is 6. The summed E-state index contributed by atoms with van der Waals surface area (Å²) >= 11 is 3.43. The smallest absolute Gasteiger partial charge is 0.407 e. The molecule has 1 aromatic rings. The van der Waals surface area contributed by atoms with Crippen LogP contribution in [0.25, 0.3) is 0 Å². The number of hydrogen-bond acceptors (Lipinski definition) is 3. The highest BCUT2D eigenvalue weighted by atomic mass is 79.9. The molecule has 1 rings (SSSR count). The molecule has 1 unspecified atom stereocenters. The first kappa shape index (κ1) is 18.0. The molecule has 118 valence electrons. The van der Waals surface area contributed by atoms with Gasteiger partial charge in [-0.1, -0.05) is 28.1 Å². The summed E-state index contributed by atoms with van der Waals surface area (Å²) in [5.74, 6) is 0. The SMILES string of the molecule is CC(NCCCNC(=O)OC(C)(C)C)c1ccc(Br)cc1. The van der Waals surface area contributed by atoms with Crippen LogP contribution in [0.3, 0.4) is 0 Å². The Balaban J connectivity index is 2.16. The number of carbonyl (C=O) groups is 1. The number of hydrogen-bond donors (Lipinski definition) is 2. The van der Waals surface area contributed by atoms with Gasteiger partial charge >= 0.3 is 6.09 Å². The Bertz CT molecular complexity index is 441. The maximum Gasteiger partial charge on any atom is 0.407 e. The minimum absolute atomic E-state index is 0.291. The third-order valence-electron chi connectivity index (χ3n) is 2.84. The topological polar surface area (TPSA) is 50.4 Å². The van der Waals surface area contributed by atoms with Crippen molar-refractivity contribution in [3.8, 4) is 0 Å². The molecule has 0 aliphatic rings. The molecule has 2 N–H and O–H groups in total. The lowest BCUT2D eigenvalue weighted by Gasteiger charge is -2.20. The third-order valence-corrected chi connectivity index (χ3v) is 3.37. The highest BCUT2D eigenvalue weighted by molar-refractivity contribution is 9.10. The standard InChI is InChI=1S/C16H25BrN2O2/c1-12(13-6-8-14(17)9-7-13)18-10-5-11-19-15(20)21-16(2,3)4/h6-9,12,18H,5,10-11H2,1-4H3,(H,19,20). The van der Waals surface area contributed by atoms with Crippen LogP contribution in [0.5, 0.6) is 0 Å². The van der Waals surface area contributed by atoms with Gasteiger partial charge in [-0.05, 0) is 58.4 Å². The van der Waals surface area contributed by atoms with Gasteiger partial charge in [-0.3, -0.25) is 0 Å². The third kappa shape index (κ3) is 8.07. The maximum absolute atomic E-state index is 11.5. The molecular weight excluding hydrogens is 332 g/mol. The molecule has 0 saturated carbocycles. The van der Waals surface area contributed by atoms with Crippen molar-refractivity contribution in [2.24, 2.45) is 0 Å². The fourth-order valence-corrected chi connectivity index (χ4v) is 2.05. The number of carbonyl (C=O) groups excluding carboxylic acids is 1. The van der Waals surface area contributed by atoms with Gasteiger partial charge < -0.3 is 15.4 Å². The molecule has 0 bridgehead atoms. The lowest BCUT2D eigenvalue weighted by atomic mass is 10.1. The molecule has 1 amide bonds. The van der Waals surface area contributed by atoms with Crippen LogP contribution in [0.15, 0.2) is 28.7 Å². The van der Waals surface area contributed by atoms with Crippen LogP contribution in [0.1, 0.15) is 45.7 Å². The zero-order chi connectivity index (χ0) is 15.9. The van der Waals surface area contributed by atoms with E-state index in [2.05, 4.69) is 45.6 Å². The maximum atomic E-state index is 11.5. The van der Waals surface area contributed by atoms with Crippen molar-refractivity contribution >= 4 is 22.0 Å². The van der Waals surface area contributed by atoms with Gasteiger partial charge in [0.25, 0.3) is 0 Å². The molecule has 5 heteroatoms. The average Bonchev–Trinajstić information content (AvgIpc) is 2.36. The molecule has 0 saturated heterocycles. The fraction of sp³-hybridized carbons (Fsp3) is 0.562. The number of halogens is 1. The average molecular weight is 357 g/mol. The largest absolute Gasteiger partial charge is 0.444 e. The zero-order valence-corrected chi connectivity index (χ0v) is 14.8. The van der Waals surface area contributed by atoms with E-state index in [4.69, 9.17) is 4.74 Å². The van der Waals surface area contributed by atoms with Gasteiger partial charge in [0.15, 0.2) is 0 Å². The van der Waals surface area contributed by atoms with Crippen molar-refractivity contribution in [3.63, 3.8) is 0 Å². The molecular formula is C16H25BrN2O2. The molecule has 4 nitrogen and oxygen atoms in total. The first-order valence-electron chi connectivity index (χ1n) is 7.23. The van der Waals surface area contributed by atoms with E-state index in [9.17, 15) is 4.79 Å². The fourth-order valence-electron chi connectivity index (χ4n) is 1.78. The second-order valence-corrected chi connectivity index (χ2v) is 6.93. The van der Waals surface area contributed by atoms with Crippen LogP contribution < -0.4 is 10.6 Å². The van der Waals surface area contributed by atoms with Gasteiger partial charge in [0.2, 0.25) is 0 Å². The Hall–Kier alpha value is -1.07. The minimum Gasteiger partial charge on any atom is -0.444 e. The van der Waals surface area contributed by atoms with E-state index in [0.29, 0.717) is 12.6 Å². The van der Waals surface area contributed by atoms with E-state index >= 15 is 0 Å². The molecule has 0 spiro atoms. The molecule has 0 aliphatic heterocycles. The van der Waals surface area contributed by atoms with E-state index < -0.39 is 5.60 Å².